The molecule has 1 aromatic carbocycles. The van der Waals surface area contributed by atoms with Crippen LogP contribution in [-0.2, 0) is 25.7 Å². The summed E-state index contributed by atoms with van der Waals surface area (Å²) in [6.07, 6.45) is 18.6. The maximum atomic E-state index is 13.5. The first-order valence-electron chi connectivity index (χ1n) is 13.4. The van der Waals surface area contributed by atoms with Crippen LogP contribution in [0.25, 0.3) is 0 Å². The quantitative estimate of drug-likeness (QED) is 0.0967. The van der Waals surface area contributed by atoms with Crippen molar-refractivity contribution in [3.05, 3.63) is 35.1 Å². The summed E-state index contributed by atoms with van der Waals surface area (Å²) in [6.45, 7) is 2.04. The molecule has 0 spiro atoms. The van der Waals surface area contributed by atoms with Gasteiger partial charge in [-0.1, -0.05) is 96.8 Å². The zero-order valence-corrected chi connectivity index (χ0v) is 21.4. The maximum Gasteiger partial charge on any atom is 0.306 e. The molecule has 200 valence electrons. The zero-order valence-electron chi connectivity index (χ0n) is 21.4. The molecule has 0 aliphatic rings. The minimum atomic E-state index is -1.31. The number of ether oxygens (including phenoxy) is 2. The van der Waals surface area contributed by atoms with Crippen LogP contribution in [0.3, 0.4) is 0 Å². The Morgan fingerprint density at radius 2 is 1.03 bits per heavy atom. The number of unbranched alkanes of at least 4 members (excludes halogenated alkanes) is 14. The van der Waals surface area contributed by atoms with Gasteiger partial charge in [-0.3, -0.25) is 9.59 Å². The third-order valence-electron chi connectivity index (χ3n) is 6.02. The molecule has 0 amide bonds. The van der Waals surface area contributed by atoms with Crippen molar-refractivity contribution < 1.29 is 32.2 Å². The maximum absolute atomic E-state index is 13.5. The lowest BCUT2D eigenvalue weighted by Crippen LogP contribution is -2.11. The lowest BCUT2D eigenvalue weighted by atomic mass is 10.0. The van der Waals surface area contributed by atoms with Gasteiger partial charge in [0.1, 0.15) is 12.4 Å². The first kappa shape index (κ1) is 31.0. The van der Waals surface area contributed by atoms with Gasteiger partial charge in [0, 0.05) is 11.6 Å². The molecular formula is C28H43F3O4. The molecule has 0 atom stereocenters. The second-order valence-electron chi connectivity index (χ2n) is 9.19. The topological polar surface area (TPSA) is 52.6 Å². The first-order valence-corrected chi connectivity index (χ1v) is 13.4. The highest BCUT2D eigenvalue weighted by molar-refractivity contribution is 5.77. The number of hydrogen-bond acceptors (Lipinski definition) is 4. The van der Waals surface area contributed by atoms with Crippen molar-refractivity contribution in [3.8, 4) is 0 Å². The Labute approximate surface area is 209 Å². The van der Waals surface area contributed by atoms with Gasteiger partial charge in [-0.15, -0.1) is 0 Å². The Bertz CT molecular complexity index is 724. The third kappa shape index (κ3) is 16.3. The van der Waals surface area contributed by atoms with Crippen LogP contribution in [0.2, 0.25) is 0 Å². The van der Waals surface area contributed by atoms with Crippen LogP contribution in [-0.4, -0.2) is 18.5 Å². The summed E-state index contributed by atoms with van der Waals surface area (Å²) in [6, 6.07) is 1.04. The predicted octanol–water partition coefficient (Wildman–Crippen LogP) is 8.34. The summed E-state index contributed by atoms with van der Waals surface area (Å²) in [5.74, 6) is -4.77. The van der Waals surface area contributed by atoms with Crippen molar-refractivity contribution in [1.29, 1.82) is 0 Å². The van der Waals surface area contributed by atoms with E-state index in [4.69, 9.17) is 9.47 Å². The van der Waals surface area contributed by atoms with Gasteiger partial charge in [0.2, 0.25) is 0 Å². The molecule has 0 saturated carbocycles. The van der Waals surface area contributed by atoms with Crippen molar-refractivity contribution in [3.63, 3.8) is 0 Å². The zero-order chi connectivity index (χ0) is 25.7. The largest absolute Gasteiger partial charge is 0.466 e. The molecule has 0 aliphatic carbocycles. The van der Waals surface area contributed by atoms with Crippen LogP contribution in [0.4, 0.5) is 13.2 Å². The number of carbonyl (C=O) groups is 2. The van der Waals surface area contributed by atoms with E-state index in [1.807, 2.05) is 0 Å². The number of rotatable bonds is 21. The van der Waals surface area contributed by atoms with Crippen molar-refractivity contribution in [2.75, 3.05) is 6.61 Å². The summed E-state index contributed by atoms with van der Waals surface area (Å²) in [7, 11) is 0. The molecule has 0 bridgehead atoms. The molecular weight excluding hydrogens is 457 g/mol. The van der Waals surface area contributed by atoms with Gasteiger partial charge in [0.15, 0.2) is 11.6 Å². The van der Waals surface area contributed by atoms with Crippen LogP contribution < -0.4 is 0 Å². The molecule has 0 heterocycles. The molecule has 0 aliphatic heterocycles. The summed E-state index contributed by atoms with van der Waals surface area (Å²) < 4.78 is 49.5. The molecule has 0 aromatic heterocycles. The molecule has 0 unspecified atom stereocenters. The molecule has 1 aromatic rings. The average molecular weight is 501 g/mol. The number of benzene rings is 1. The average Bonchev–Trinajstić information content (AvgIpc) is 2.83. The molecule has 4 nitrogen and oxygen atoms in total. The van der Waals surface area contributed by atoms with Gasteiger partial charge < -0.3 is 9.47 Å². The number of hydrogen-bond donors (Lipinski definition) is 0. The first-order chi connectivity index (χ1) is 16.9. The Kier molecular flexibility index (Phi) is 17.9. The van der Waals surface area contributed by atoms with Gasteiger partial charge in [-0.2, -0.15) is 0 Å². The van der Waals surface area contributed by atoms with Crippen LogP contribution in [0.15, 0.2) is 12.1 Å². The molecule has 1 rings (SSSR count). The highest BCUT2D eigenvalue weighted by atomic mass is 19.2. The summed E-state index contributed by atoms with van der Waals surface area (Å²) in [4.78, 5) is 23.4. The van der Waals surface area contributed by atoms with Gasteiger partial charge in [0.25, 0.3) is 0 Å². The van der Waals surface area contributed by atoms with Gasteiger partial charge in [-0.25, -0.2) is 13.2 Å². The van der Waals surface area contributed by atoms with E-state index in [0.29, 0.717) is 18.7 Å². The van der Waals surface area contributed by atoms with Crippen LogP contribution in [0.5, 0.6) is 0 Å². The molecule has 0 saturated heterocycles. The Morgan fingerprint density at radius 1 is 0.600 bits per heavy atom. The van der Waals surface area contributed by atoms with E-state index in [0.717, 1.165) is 19.3 Å². The highest BCUT2D eigenvalue weighted by Crippen LogP contribution is 2.16. The van der Waals surface area contributed by atoms with Crippen molar-refractivity contribution in [1.82, 2.24) is 0 Å². The third-order valence-corrected chi connectivity index (χ3v) is 6.02. The Morgan fingerprint density at radius 3 is 1.54 bits per heavy atom. The second-order valence-corrected chi connectivity index (χ2v) is 9.19. The summed E-state index contributed by atoms with van der Waals surface area (Å²) >= 11 is 0. The van der Waals surface area contributed by atoms with E-state index in [9.17, 15) is 22.8 Å². The van der Waals surface area contributed by atoms with Crippen LogP contribution in [0.1, 0.15) is 122 Å². The van der Waals surface area contributed by atoms with E-state index in [2.05, 4.69) is 6.92 Å². The van der Waals surface area contributed by atoms with Crippen molar-refractivity contribution >= 4 is 11.9 Å². The molecule has 7 heteroatoms. The number of halogens is 3. The summed E-state index contributed by atoms with van der Waals surface area (Å²) in [5, 5.41) is 0. The monoisotopic (exact) mass is 500 g/mol. The molecule has 0 fully saturated rings. The van der Waals surface area contributed by atoms with Crippen molar-refractivity contribution in [2.45, 2.75) is 123 Å². The second kappa shape index (κ2) is 20.2. The standard InChI is InChI=1S/C28H43F3O4/c1-2-3-4-5-6-7-8-9-10-11-12-13-14-15-16-19-34-27(32)17-18-28(33)35-22-23-20-25(30)26(31)21-24(23)29/h20-21H,2-19,22H2,1H3. The van der Waals surface area contributed by atoms with Gasteiger partial charge in [-0.05, 0) is 12.5 Å². The van der Waals surface area contributed by atoms with E-state index in [1.165, 1.54) is 77.0 Å². The molecule has 0 N–H and O–H groups in total. The number of esters is 2. The van der Waals surface area contributed by atoms with Gasteiger partial charge >= 0.3 is 11.9 Å². The normalized spacial score (nSPS) is 11.0. The Balaban J connectivity index is 1.90. The SMILES string of the molecule is CCCCCCCCCCCCCCCCCOC(=O)CCC(=O)OCc1cc(F)c(F)cc1F. The molecule has 35 heavy (non-hydrogen) atoms. The highest BCUT2D eigenvalue weighted by Gasteiger charge is 2.13. The fourth-order valence-corrected chi connectivity index (χ4v) is 3.84. The van der Waals surface area contributed by atoms with Crippen LogP contribution >= 0.6 is 0 Å². The summed E-state index contributed by atoms with van der Waals surface area (Å²) in [5.41, 5.74) is -0.270. The lowest BCUT2D eigenvalue weighted by molar-refractivity contribution is -0.151. The Hall–Kier alpha value is -2.05. The van der Waals surface area contributed by atoms with E-state index >= 15 is 0 Å². The minimum Gasteiger partial charge on any atom is -0.466 e. The fraction of sp³-hybridized carbons (Fsp3) is 0.714. The predicted molar refractivity (Wildman–Crippen MR) is 131 cm³/mol. The van der Waals surface area contributed by atoms with E-state index < -0.39 is 36.0 Å². The van der Waals surface area contributed by atoms with Gasteiger partial charge in [0.05, 0.1) is 19.4 Å². The fourth-order valence-electron chi connectivity index (χ4n) is 3.84. The molecule has 0 radical (unpaired) electrons. The lowest BCUT2D eigenvalue weighted by Gasteiger charge is -2.07. The smallest absolute Gasteiger partial charge is 0.306 e. The van der Waals surface area contributed by atoms with Crippen LogP contribution in [0, 0.1) is 17.5 Å². The van der Waals surface area contributed by atoms with E-state index in [1.54, 1.807) is 0 Å². The number of carbonyl (C=O) groups excluding carboxylic acids is 2. The van der Waals surface area contributed by atoms with Crippen molar-refractivity contribution in [2.24, 2.45) is 0 Å². The van der Waals surface area contributed by atoms with E-state index in [-0.39, 0.29) is 18.4 Å². The minimum absolute atomic E-state index is 0.141.